The molecule has 168 valence electrons. The lowest BCUT2D eigenvalue weighted by atomic mass is 9.94. The topological polar surface area (TPSA) is 85.3 Å². The van der Waals surface area contributed by atoms with Crippen molar-refractivity contribution in [3.63, 3.8) is 0 Å². The normalized spacial score (nSPS) is 19.2. The summed E-state index contributed by atoms with van der Waals surface area (Å²) in [5.41, 5.74) is 2.24. The highest BCUT2D eigenvalue weighted by Crippen LogP contribution is 2.41. The number of amides is 1. The second-order valence-electron chi connectivity index (χ2n) is 8.25. The van der Waals surface area contributed by atoms with Crippen LogP contribution in [0.25, 0.3) is 5.76 Å². The van der Waals surface area contributed by atoms with Gasteiger partial charge in [-0.05, 0) is 51.0 Å². The number of carbonyl (C=O) groups excluding carboxylic acids is 2. The Kier molecular flexibility index (Phi) is 6.19. The van der Waals surface area contributed by atoms with E-state index in [1.807, 2.05) is 45.0 Å². The Balaban J connectivity index is 1.74. The number of Topliss-reactive ketones (excluding diaryl/α,β-unsaturated/α-hetero) is 1. The van der Waals surface area contributed by atoms with E-state index in [0.717, 1.165) is 11.1 Å². The molecule has 7 heteroatoms. The van der Waals surface area contributed by atoms with Crippen LogP contribution in [0, 0.1) is 6.92 Å². The minimum Gasteiger partial charge on any atom is -0.507 e. The fourth-order valence-electron chi connectivity index (χ4n) is 4.05. The first kappa shape index (κ1) is 21.9. The molecular formula is C25H27NO6. The van der Waals surface area contributed by atoms with Crippen molar-refractivity contribution in [3.05, 3.63) is 64.7 Å². The molecular weight excluding hydrogens is 410 g/mol. The Labute approximate surface area is 187 Å². The maximum Gasteiger partial charge on any atom is 0.295 e. The molecule has 32 heavy (non-hydrogen) atoms. The van der Waals surface area contributed by atoms with Crippen molar-refractivity contribution in [2.75, 3.05) is 19.9 Å². The molecule has 4 rings (SSSR count). The van der Waals surface area contributed by atoms with Crippen LogP contribution in [0.15, 0.2) is 48.0 Å². The minimum atomic E-state index is -0.698. The summed E-state index contributed by atoms with van der Waals surface area (Å²) in [5, 5.41) is 11.2. The van der Waals surface area contributed by atoms with Gasteiger partial charge in [0.05, 0.1) is 17.7 Å². The van der Waals surface area contributed by atoms with E-state index in [2.05, 4.69) is 0 Å². The van der Waals surface area contributed by atoms with Crippen LogP contribution >= 0.6 is 0 Å². The van der Waals surface area contributed by atoms with E-state index in [1.54, 1.807) is 18.2 Å². The second-order valence-corrected chi connectivity index (χ2v) is 8.25. The Bertz CT molecular complexity index is 1070. The number of likely N-dealkylation sites (tertiary alicyclic amines) is 1. The van der Waals surface area contributed by atoms with Gasteiger partial charge in [0.15, 0.2) is 11.5 Å². The lowest BCUT2D eigenvalue weighted by molar-refractivity contribution is -0.140. The summed E-state index contributed by atoms with van der Waals surface area (Å²) in [6, 6.07) is 11.9. The van der Waals surface area contributed by atoms with Crippen LogP contribution in [0.2, 0.25) is 0 Å². The molecule has 0 aromatic heterocycles. The number of aliphatic hydroxyl groups excluding tert-OH is 1. The molecule has 2 aliphatic rings. The van der Waals surface area contributed by atoms with E-state index in [9.17, 15) is 14.7 Å². The van der Waals surface area contributed by atoms with Crippen LogP contribution in [0.5, 0.6) is 11.5 Å². The molecule has 0 spiro atoms. The number of fused-ring (bicyclic) bond motifs is 1. The zero-order chi connectivity index (χ0) is 22.8. The number of ether oxygens (including phenoxy) is 3. The maximum atomic E-state index is 13.1. The second kappa shape index (κ2) is 9.04. The van der Waals surface area contributed by atoms with Gasteiger partial charge in [-0.25, -0.2) is 0 Å². The Morgan fingerprint density at radius 3 is 2.69 bits per heavy atom. The van der Waals surface area contributed by atoms with Crippen molar-refractivity contribution < 1.29 is 28.9 Å². The summed E-state index contributed by atoms with van der Waals surface area (Å²) >= 11 is 0. The summed E-state index contributed by atoms with van der Waals surface area (Å²) in [6.45, 7) is 6.77. The summed E-state index contributed by atoms with van der Waals surface area (Å²) in [6.07, 6.45) is 0.668. The number of aliphatic hydroxyl groups is 1. The smallest absolute Gasteiger partial charge is 0.295 e. The summed E-state index contributed by atoms with van der Waals surface area (Å²) < 4.78 is 16.3. The van der Waals surface area contributed by atoms with Gasteiger partial charge in [0.1, 0.15) is 5.76 Å². The van der Waals surface area contributed by atoms with Gasteiger partial charge >= 0.3 is 0 Å². The van der Waals surface area contributed by atoms with Crippen LogP contribution < -0.4 is 9.47 Å². The molecule has 1 saturated heterocycles. The van der Waals surface area contributed by atoms with Crippen molar-refractivity contribution in [3.8, 4) is 11.5 Å². The van der Waals surface area contributed by atoms with Crippen molar-refractivity contribution in [1.82, 2.24) is 4.90 Å². The van der Waals surface area contributed by atoms with Crippen LogP contribution in [0.4, 0.5) is 0 Å². The zero-order valence-electron chi connectivity index (χ0n) is 18.5. The molecule has 2 aliphatic heterocycles. The third-order valence-electron chi connectivity index (χ3n) is 5.54. The van der Waals surface area contributed by atoms with Crippen LogP contribution in [-0.2, 0) is 14.3 Å². The third kappa shape index (κ3) is 4.21. The van der Waals surface area contributed by atoms with E-state index < -0.39 is 17.7 Å². The van der Waals surface area contributed by atoms with Gasteiger partial charge in [-0.1, -0.05) is 29.8 Å². The van der Waals surface area contributed by atoms with E-state index in [-0.39, 0.29) is 24.2 Å². The number of carbonyl (C=O) groups is 2. The predicted molar refractivity (Wildman–Crippen MR) is 118 cm³/mol. The molecule has 1 amide bonds. The SMILES string of the molecule is Cc1cccc(C2/C(=C(/O)c3ccc4c(c3)OCO4)C(=O)C(=O)N2CCCOC(C)C)c1. The van der Waals surface area contributed by atoms with Gasteiger partial charge in [-0.2, -0.15) is 0 Å². The van der Waals surface area contributed by atoms with Gasteiger partial charge in [0, 0.05) is 18.7 Å². The van der Waals surface area contributed by atoms with Gasteiger partial charge in [-0.3, -0.25) is 9.59 Å². The Morgan fingerprint density at radius 2 is 1.94 bits per heavy atom. The first-order chi connectivity index (χ1) is 15.4. The molecule has 0 saturated carbocycles. The van der Waals surface area contributed by atoms with E-state index >= 15 is 0 Å². The largest absolute Gasteiger partial charge is 0.507 e. The highest BCUT2D eigenvalue weighted by atomic mass is 16.7. The minimum absolute atomic E-state index is 0.0734. The van der Waals surface area contributed by atoms with Crippen LogP contribution in [0.1, 0.15) is 43.0 Å². The number of benzene rings is 2. The van der Waals surface area contributed by atoms with Crippen LogP contribution in [-0.4, -0.2) is 47.7 Å². The lowest BCUT2D eigenvalue weighted by Gasteiger charge is -2.25. The zero-order valence-corrected chi connectivity index (χ0v) is 18.5. The summed E-state index contributed by atoms with van der Waals surface area (Å²) in [7, 11) is 0. The first-order valence-electron chi connectivity index (χ1n) is 10.7. The fourth-order valence-corrected chi connectivity index (χ4v) is 4.05. The Hall–Kier alpha value is -3.32. The third-order valence-corrected chi connectivity index (χ3v) is 5.54. The number of hydrogen-bond donors (Lipinski definition) is 1. The summed E-state index contributed by atoms with van der Waals surface area (Å²) in [5.74, 6) is -0.488. The Morgan fingerprint density at radius 1 is 1.16 bits per heavy atom. The van der Waals surface area contributed by atoms with Gasteiger partial charge < -0.3 is 24.2 Å². The van der Waals surface area contributed by atoms with Crippen molar-refractivity contribution >= 4 is 17.4 Å². The molecule has 0 bridgehead atoms. The number of aryl methyl sites for hydroxylation is 1. The van der Waals surface area contributed by atoms with E-state index in [0.29, 0.717) is 36.6 Å². The average molecular weight is 437 g/mol. The molecule has 1 unspecified atom stereocenters. The van der Waals surface area contributed by atoms with E-state index in [1.165, 1.54) is 4.90 Å². The number of rotatable bonds is 7. The molecule has 0 radical (unpaired) electrons. The molecule has 1 fully saturated rings. The maximum absolute atomic E-state index is 13.1. The van der Waals surface area contributed by atoms with Crippen molar-refractivity contribution in [1.29, 1.82) is 0 Å². The van der Waals surface area contributed by atoms with Gasteiger partial charge in [-0.15, -0.1) is 0 Å². The molecule has 2 aromatic carbocycles. The quantitative estimate of drug-likeness (QED) is 0.305. The average Bonchev–Trinajstić information content (AvgIpc) is 3.33. The summed E-state index contributed by atoms with van der Waals surface area (Å²) in [4.78, 5) is 27.6. The van der Waals surface area contributed by atoms with Crippen molar-refractivity contribution in [2.24, 2.45) is 0 Å². The molecule has 1 atom stereocenters. The van der Waals surface area contributed by atoms with Crippen LogP contribution in [0.3, 0.4) is 0 Å². The van der Waals surface area contributed by atoms with E-state index in [4.69, 9.17) is 14.2 Å². The predicted octanol–water partition coefficient (Wildman–Crippen LogP) is 3.96. The number of nitrogens with zero attached hydrogens (tertiary/aromatic N) is 1. The first-order valence-corrected chi connectivity index (χ1v) is 10.7. The lowest BCUT2D eigenvalue weighted by Crippen LogP contribution is -2.31. The molecule has 1 N–H and O–H groups in total. The fraction of sp³-hybridized carbons (Fsp3) is 0.360. The number of ketones is 1. The number of hydrogen-bond acceptors (Lipinski definition) is 6. The molecule has 7 nitrogen and oxygen atoms in total. The monoisotopic (exact) mass is 437 g/mol. The molecule has 0 aliphatic carbocycles. The molecule has 2 heterocycles. The van der Waals surface area contributed by atoms with Crippen molar-refractivity contribution in [2.45, 2.75) is 39.3 Å². The standard InChI is InChI=1S/C25H27NO6/c1-15(2)30-11-5-10-26-22(17-7-4-6-16(3)12-17)21(24(28)25(26)29)23(27)18-8-9-19-20(13-18)32-14-31-19/h4,6-9,12-13,15,22,27H,5,10-11,14H2,1-3H3/b23-21-. The highest BCUT2D eigenvalue weighted by Gasteiger charge is 2.45. The van der Waals surface area contributed by atoms with Gasteiger partial charge in [0.2, 0.25) is 6.79 Å². The van der Waals surface area contributed by atoms with Gasteiger partial charge in [0.25, 0.3) is 11.7 Å². The highest BCUT2D eigenvalue weighted by molar-refractivity contribution is 6.46. The molecule has 2 aromatic rings.